The van der Waals surface area contributed by atoms with E-state index in [2.05, 4.69) is 10.3 Å². The average molecular weight is 477 g/mol. The fraction of sp³-hybridized carbons (Fsp3) is 0.222. The van der Waals surface area contributed by atoms with Crippen LogP contribution in [-0.2, 0) is 0 Å². The lowest BCUT2D eigenvalue weighted by Crippen LogP contribution is -2.13. The van der Waals surface area contributed by atoms with Crippen molar-refractivity contribution in [1.82, 2.24) is 0 Å². The monoisotopic (exact) mass is 476 g/mol. The number of amidine groups is 3. The number of nitrogen functional groups attached to an aromatic ring is 1. The van der Waals surface area contributed by atoms with E-state index in [9.17, 15) is 0 Å². The van der Waals surface area contributed by atoms with Crippen LogP contribution in [0, 0.1) is 47.0 Å². The molecule has 0 aliphatic rings. The molecule has 0 heterocycles. The minimum Gasteiger partial charge on any atom is -0.409 e. The maximum absolute atomic E-state index is 8.41. The Kier molecular flexibility index (Phi) is 11.0. The van der Waals surface area contributed by atoms with Crippen LogP contribution >= 0.6 is 0 Å². The number of hydrogen-bond acceptors (Lipinski definition) is 5. The first-order chi connectivity index (χ1) is 16.4. The van der Waals surface area contributed by atoms with Crippen LogP contribution in [0.3, 0.4) is 0 Å². The van der Waals surface area contributed by atoms with Gasteiger partial charge in [0.25, 0.3) is 0 Å². The molecule has 0 fully saturated rings. The molecule has 0 aliphatic heterocycles. The van der Waals surface area contributed by atoms with Gasteiger partial charge >= 0.3 is 0 Å². The summed E-state index contributed by atoms with van der Waals surface area (Å²) in [7, 11) is 0. The second-order valence-corrected chi connectivity index (χ2v) is 8.28. The molecule has 3 aromatic carbocycles. The zero-order valence-electron chi connectivity index (χ0n) is 21.2. The van der Waals surface area contributed by atoms with Gasteiger partial charge in [0.1, 0.15) is 5.84 Å². The van der Waals surface area contributed by atoms with Crippen molar-refractivity contribution in [2.45, 2.75) is 41.5 Å². The van der Waals surface area contributed by atoms with Crippen LogP contribution in [0.15, 0.2) is 64.9 Å². The van der Waals surface area contributed by atoms with E-state index in [4.69, 9.17) is 33.0 Å². The summed E-state index contributed by atoms with van der Waals surface area (Å²) in [5.74, 6) is 0.435. The number of nitrogens with two attached hydrogens (primary N) is 3. The second kappa shape index (κ2) is 13.4. The average Bonchev–Trinajstić information content (AvgIpc) is 2.84. The Morgan fingerprint density at radius 2 is 0.829 bits per heavy atom. The van der Waals surface area contributed by atoms with E-state index in [1.54, 1.807) is 0 Å². The van der Waals surface area contributed by atoms with Crippen molar-refractivity contribution in [3.8, 4) is 0 Å². The van der Waals surface area contributed by atoms with Gasteiger partial charge in [-0.3, -0.25) is 5.41 Å². The van der Waals surface area contributed by atoms with Crippen molar-refractivity contribution in [3.63, 3.8) is 0 Å². The molecule has 0 atom stereocenters. The fourth-order valence-electron chi connectivity index (χ4n) is 2.83. The quantitative estimate of drug-likeness (QED) is 0.142. The van der Waals surface area contributed by atoms with Crippen molar-refractivity contribution < 1.29 is 10.4 Å². The summed E-state index contributed by atoms with van der Waals surface area (Å²) < 4.78 is 0. The Hall–Kier alpha value is -4.33. The van der Waals surface area contributed by atoms with Gasteiger partial charge in [0, 0.05) is 16.7 Å². The van der Waals surface area contributed by atoms with Gasteiger partial charge in [-0.2, -0.15) is 0 Å². The lowest BCUT2D eigenvalue weighted by molar-refractivity contribution is 0.318. The summed E-state index contributed by atoms with van der Waals surface area (Å²) in [5.41, 5.74) is 25.5. The Bertz CT molecular complexity index is 1170. The third kappa shape index (κ3) is 8.85. The Balaban J connectivity index is 0.000000263. The van der Waals surface area contributed by atoms with Crippen molar-refractivity contribution in [1.29, 1.82) is 5.41 Å². The minimum atomic E-state index is 0.133. The van der Waals surface area contributed by atoms with E-state index >= 15 is 0 Å². The van der Waals surface area contributed by atoms with E-state index in [1.165, 1.54) is 22.3 Å². The van der Waals surface area contributed by atoms with Crippen LogP contribution in [0.5, 0.6) is 0 Å². The maximum atomic E-state index is 8.41. The number of aryl methyl sites for hydroxylation is 6. The predicted molar refractivity (Wildman–Crippen MR) is 144 cm³/mol. The molecule has 0 radical (unpaired) electrons. The highest BCUT2D eigenvalue weighted by molar-refractivity contribution is 5.97. The van der Waals surface area contributed by atoms with E-state index in [0.717, 1.165) is 27.8 Å². The van der Waals surface area contributed by atoms with Crippen LogP contribution in [0.1, 0.15) is 50.1 Å². The largest absolute Gasteiger partial charge is 0.409 e. The Labute approximate surface area is 207 Å². The molecule has 0 saturated heterocycles. The molecule has 8 heteroatoms. The molecule has 0 spiro atoms. The summed E-state index contributed by atoms with van der Waals surface area (Å²) >= 11 is 0. The van der Waals surface area contributed by atoms with Crippen LogP contribution in [0.2, 0.25) is 0 Å². The van der Waals surface area contributed by atoms with Crippen molar-refractivity contribution in [2.24, 2.45) is 27.5 Å². The standard InChI is InChI=1S/2C9H12N2O.C9H12N2/c2*1-6-3-4-8(5-7(6)2)9(10)11-12;1-6-3-4-8(9(10)11)5-7(6)2/h2*3-5,12H,1-2H3,(H2,10,11);3-5H,1-2H3,(H3,10,11). The SMILES string of the molecule is Cc1ccc(/C(N)=N/O)cc1C.Cc1ccc(C(=N)N)cc1C.Cc1ccc(C(N)=NO)cc1C. The molecular weight excluding hydrogens is 440 g/mol. The minimum absolute atomic E-state index is 0.133. The number of benzene rings is 3. The molecule has 0 saturated carbocycles. The second-order valence-electron chi connectivity index (χ2n) is 8.28. The number of rotatable bonds is 3. The summed E-state index contributed by atoms with van der Waals surface area (Å²) in [6.07, 6.45) is 0. The first-order valence-electron chi connectivity index (χ1n) is 10.9. The predicted octanol–water partition coefficient (Wildman–Crippen LogP) is 4.38. The topological polar surface area (TPSA) is 167 Å². The van der Waals surface area contributed by atoms with Crippen molar-refractivity contribution >= 4 is 17.5 Å². The molecule has 3 rings (SSSR count). The number of hydrogen-bond donors (Lipinski definition) is 6. The Morgan fingerprint density at radius 3 is 1.09 bits per heavy atom. The molecule has 0 aliphatic carbocycles. The molecule has 3 aromatic rings. The van der Waals surface area contributed by atoms with Crippen LogP contribution in [0.4, 0.5) is 0 Å². The highest BCUT2D eigenvalue weighted by Gasteiger charge is 2.01. The number of oxime groups is 2. The number of nitrogens with zero attached hydrogens (tertiary/aromatic N) is 2. The summed E-state index contributed by atoms with van der Waals surface area (Å²) in [5, 5.41) is 29.9. The smallest absolute Gasteiger partial charge is 0.170 e. The zero-order valence-corrected chi connectivity index (χ0v) is 21.2. The van der Waals surface area contributed by atoms with Crippen LogP contribution in [0.25, 0.3) is 0 Å². The van der Waals surface area contributed by atoms with Gasteiger partial charge in [-0.25, -0.2) is 0 Å². The lowest BCUT2D eigenvalue weighted by Gasteiger charge is -2.02. The molecule has 8 nitrogen and oxygen atoms in total. The highest BCUT2D eigenvalue weighted by Crippen LogP contribution is 2.10. The number of nitrogens with one attached hydrogen (secondary N) is 1. The summed E-state index contributed by atoms with van der Waals surface area (Å²) in [6, 6.07) is 17.1. The summed E-state index contributed by atoms with van der Waals surface area (Å²) in [6.45, 7) is 12.1. The summed E-state index contributed by atoms with van der Waals surface area (Å²) in [4.78, 5) is 0. The van der Waals surface area contributed by atoms with E-state index < -0.39 is 0 Å². The first-order valence-corrected chi connectivity index (χ1v) is 10.9. The molecule has 0 amide bonds. The van der Waals surface area contributed by atoms with Gasteiger partial charge in [0.2, 0.25) is 0 Å². The third-order valence-electron chi connectivity index (χ3n) is 5.64. The molecule has 0 aromatic heterocycles. The first kappa shape index (κ1) is 28.7. The molecule has 0 unspecified atom stereocenters. The van der Waals surface area contributed by atoms with Crippen LogP contribution < -0.4 is 17.2 Å². The van der Waals surface area contributed by atoms with Gasteiger partial charge in [0.05, 0.1) is 0 Å². The van der Waals surface area contributed by atoms with Crippen LogP contribution in [-0.4, -0.2) is 27.9 Å². The molecule has 0 bridgehead atoms. The zero-order chi connectivity index (χ0) is 26.7. The highest BCUT2D eigenvalue weighted by atomic mass is 16.4. The third-order valence-corrected chi connectivity index (χ3v) is 5.64. The van der Waals surface area contributed by atoms with Crippen molar-refractivity contribution in [2.75, 3.05) is 0 Å². The molecule has 186 valence electrons. The van der Waals surface area contributed by atoms with Gasteiger partial charge in [-0.1, -0.05) is 46.7 Å². The Morgan fingerprint density at radius 1 is 0.543 bits per heavy atom. The normalized spacial score (nSPS) is 11.0. The van der Waals surface area contributed by atoms with Gasteiger partial charge < -0.3 is 27.6 Å². The van der Waals surface area contributed by atoms with E-state index in [1.807, 2.05) is 96.1 Å². The molecule has 9 N–H and O–H groups in total. The van der Waals surface area contributed by atoms with Gasteiger partial charge in [-0.15, -0.1) is 0 Å². The van der Waals surface area contributed by atoms with Gasteiger partial charge in [-0.05, 0) is 93.1 Å². The molecular formula is C27H36N6O2. The maximum Gasteiger partial charge on any atom is 0.170 e. The molecule has 35 heavy (non-hydrogen) atoms. The lowest BCUT2D eigenvalue weighted by atomic mass is 10.1. The van der Waals surface area contributed by atoms with E-state index in [0.29, 0.717) is 0 Å². The van der Waals surface area contributed by atoms with Gasteiger partial charge in [0.15, 0.2) is 11.7 Å². The van der Waals surface area contributed by atoms with Crippen molar-refractivity contribution in [3.05, 3.63) is 105 Å². The van der Waals surface area contributed by atoms with E-state index in [-0.39, 0.29) is 17.5 Å². The fourth-order valence-corrected chi connectivity index (χ4v) is 2.83.